The first kappa shape index (κ1) is 15.5. The van der Waals surface area contributed by atoms with Gasteiger partial charge in [-0.15, -0.1) is 0 Å². The first-order chi connectivity index (χ1) is 9.93. The van der Waals surface area contributed by atoms with Crippen LogP contribution in [-0.4, -0.2) is 17.6 Å². The average Bonchev–Trinajstić information content (AvgIpc) is 2.46. The van der Waals surface area contributed by atoms with Gasteiger partial charge in [0.1, 0.15) is 11.6 Å². The number of halogens is 2. The van der Waals surface area contributed by atoms with Crippen molar-refractivity contribution < 1.29 is 14.3 Å². The van der Waals surface area contributed by atoms with Gasteiger partial charge < -0.3 is 10.0 Å². The Hall–Kier alpha value is -1.88. The molecule has 0 aliphatic heterocycles. The molecule has 110 valence electrons. The lowest BCUT2D eigenvalue weighted by molar-refractivity contribution is 0.0984. The molecule has 0 aliphatic rings. The molecule has 21 heavy (non-hydrogen) atoms. The third-order valence-electron chi connectivity index (χ3n) is 3.20. The summed E-state index contributed by atoms with van der Waals surface area (Å²) >= 11 is 3.24. The Labute approximate surface area is 131 Å². The van der Waals surface area contributed by atoms with E-state index in [1.807, 2.05) is 6.92 Å². The van der Waals surface area contributed by atoms with Gasteiger partial charge in [-0.3, -0.25) is 4.79 Å². The summed E-state index contributed by atoms with van der Waals surface area (Å²) in [6.07, 6.45) is 0. The van der Waals surface area contributed by atoms with Crippen LogP contribution in [0.3, 0.4) is 0 Å². The second-order valence-electron chi connectivity index (χ2n) is 4.64. The van der Waals surface area contributed by atoms with Crippen molar-refractivity contribution in [1.82, 2.24) is 0 Å². The highest BCUT2D eigenvalue weighted by molar-refractivity contribution is 9.10. The highest BCUT2D eigenvalue weighted by atomic mass is 79.9. The minimum atomic E-state index is -0.570. The van der Waals surface area contributed by atoms with Crippen LogP contribution >= 0.6 is 15.9 Å². The second-order valence-corrected chi connectivity index (χ2v) is 5.56. The van der Waals surface area contributed by atoms with Crippen molar-refractivity contribution >= 4 is 27.5 Å². The normalized spacial score (nSPS) is 10.5. The molecule has 0 spiro atoms. The van der Waals surface area contributed by atoms with E-state index in [1.165, 1.54) is 23.1 Å². The molecule has 2 rings (SSSR count). The number of hydrogen-bond acceptors (Lipinski definition) is 2. The third-order valence-corrected chi connectivity index (χ3v) is 3.70. The highest BCUT2D eigenvalue weighted by Gasteiger charge is 2.21. The predicted octanol–water partition coefficient (Wildman–Crippen LogP) is 4.27. The van der Waals surface area contributed by atoms with Crippen LogP contribution in [0, 0.1) is 12.7 Å². The van der Waals surface area contributed by atoms with Crippen molar-refractivity contribution in [2.24, 2.45) is 0 Å². The zero-order valence-corrected chi connectivity index (χ0v) is 13.3. The smallest absolute Gasteiger partial charge is 0.261 e. The summed E-state index contributed by atoms with van der Waals surface area (Å²) in [5.41, 5.74) is 1.40. The summed E-state index contributed by atoms with van der Waals surface area (Å²) in [7, 11) is 0. The highest BCUT2D eigenvalue weighted by Crippen LogP contribution is 2.27. The van der Waals surface area contributed by atoms with Crippen LogP contribution in [0.1, 0.15) is 22.8 Å². The quantitative estimate of drug-likeness (QED) is 0.896. The van der Waals surface area contributed by atoms with Gasteiger partial charge in [0.25, 0.3) is 5.91 Å². The number of hydrogen-bond donors (Lipinski definition) is 1. The summed E-state index contributed by atoms with van der Waals surface area (Å²) in [4.78, 5) is 14.0. The summed E-state index contributed by atoms with van der Waals surface area (Å²) < 4.78 is 14.5. The Morgan fingerprint density at radius 2 is 2.00 bits per heavy atom. The molecule has 0 aromatic heterocycles. The molecule has 0 unspecified atom stereocenters. The van der Waals surface area contributed by atoms with E-state index in [9.17, 15) is 14.3 Å². The van der Waals surface area contributed by atoms with Crippen LogP contribution < -0.4 is 4.90 Å². The molecule has 0 saturated carbocycles. The second kappa shape index (κ2) is 6.26. The van der Waals surface area contributed by atoms with Gasteiger partial charge in [-0.1, -0.05) is 22.0 Å². The zero-order valence-electron chi connectivity index (χ0n) is 11.7. The maximum Gasteiger partial charge on any atom is 0.261 e. The topological polar surface area (TPSA) is 40.5 Å². The van der Waals surface area contributed by atoms with Crippen LogP contribution in [0.5, 0.6) is 5.75 Å². The average molecular weight is 352 g/mol. The minimum absolute atomic E-state index is 0.00559. The van der Waals surface area contributed by atoms with Crippen LogP contribution in [0.15, 0.2) is 40.9 Å². The molecule has 0 aliphatic carbocycles. The zero-order chi connectivity index (χ0) is 15.6. The molecule has 0 atom stereocenters. The number of aryl methyl sites for hydroxylation is 1. The number of rotatable bonds is 3. The Morgan fingerprint density at radius 3 is 2.67 bits per heavy atom. The lowest BCUT2D eigenvalue weighted by Gasteiger charge is -2.23. The predicted molar refractivity (Wildman–Crippen MR) is 84.3 cm³/mol. The lowest BCUT2D eigenvalue weighted by atomic mass is 10.1. The van der Waals surface area contributed by atoms with Gasteiger partial charge in [-0.05, 0) is 43.7 Å². The summed E-state index contributed by atoms with van der Waals surface area (Å²) in [5, 5.41) is 9.61. The first-order valence-corrected chi connectivity index (χ1v) is 7.30. The molecule has 0 fully saturated rings. The van der Waals surface area contributed by atoms with E-state index in [0.29, 0.717) is 16.7 Å². The van der Waals surface area contributed by atoms with Crippen LogP contribution in [0.4, 0.5) is 10.1 Å². The SMILES string of the molecule is CCN(C(=O)c1cc(Br)ccc1F)c1cc(O)ccc1C. The largest absolute Gasteiger partial charge is 0.508 e. The van der Waals surface area contributed by atoms with Gasteiger partial charge in [-0.25, -0.2) is 4.39 Å². The number of nitrogens with zero attached hydrogens (tertiary/aromatic N) is 1. The van der Waals surface area contributed by atoms with Crippen molar-refractivity contribution in [3.8, 4) is 5.75 Å². The number of phenolic OH excluding ortho intramolecular Hbond substituents is 1. The maximum atomic E-state index is 13.9. The molecule has 2 aromatic rings. The fraction of sp³-hybridized carbons (Fsp3) is 0.188. The van der Waals surface area contributed by atoms with Gasteiger partial charge in [0.05, 0.1) is 11.3 Å². The summed E-state index contributed by atoms with van der Waals surface area (Å²) in [5.74, 6) is -0.943. The fourth-order valence-corrected chi connectivity index (χ4v) is 2.48. The van der Waals surface area contributed by atoms with Gasteiger partial charge in [0.2, 0.25) is 0 Å². The van der Waals surface area contributed by atoms with Gasteiger partial charge in [0, 0.05) is 17.1 Å². The van der Waals surface area contributed by atoms with Crippen molar-refractivity contribution in [2.75, 3.05) is 11.4 Å². The van der Waals surface area contributed by atoms with Crippen LogP contribution in [-0.2, 0) is 0 Å². The summed E-state index contributed by atoms with van der Waals surface area (Å²) in [6.45, 7) is 4.01. The number of aromatic hydroxyl groups is 1. The maximum absolute atomic E-state index is 13.9. The number of anilines is 1. The number of carbonyl (C=O) groups is 1. The third kappa shape index (κ3) is 3.24. The molecule has 0 saturated heterocycles. The monoisotopic (exact) mass is 351 g/mol. The Balaban J connectivity index is 2.48. The molecule has 1 N–H and O–H groups in total. The lowest BCUT2D eigenvalue weighted by Crippen LogP contribution is -2.31. The Bertz CT molecular complexity index is 688. The molecule has 0 heterocycles. The van der Waals surface area contributed by atoms with Crippen molar-refractivity contribution in [3.05, 3.63) is 57.8 Å². The van der Waals surface area contributed by atoms with Crippen molar-refractivity contribution in [2.45, 2.75) is 13.8 Å². The van der Waals surface area contributed by atoms with E-state index in [0.717, 1.165) is 5.56 Å². The molecule has 0 radical (unpaired) electrons. The molecule has 5 heteroatoms. The van der Waals surface area contributed by atoms with E-state index in [-0.39, 0.29) is 11.3 Å². The van der Waals surface area contributed by atoms with Crippen LogP contribution in [0.2, 0.25) is 0 Å². The standard InChI is InChI=1S/C16H15BrFNO2/c1-3-19(15-9-12(20)6-4-10(15)2)16(21)13-8-11(17)5-7-14(13)18/h4-9,20H,3H2,1-2H3. The molecular weight excluding hydrogens is 337 g/mol. The molecule has 3 nitrogen and oxygen atoms in total. The first-order valence-electron chi connectivity index (χ1n) is 6.50. The van der Waals surface area contributed by atoms with E-state index < -0.39 is 11.7 Å². The van der Waals surface area contributed by atoms with Crippen LogP contribution in [0.25, 0.3) is 0 Å². The Kier molecular flexibility index (Phi) is 4.63. The number of amides is 1. The molecule has 2 aromatic carbocycles. The number of phenols is 1. The van der Waals surface area contributed by atoms with E-state index in [2.05, 4.69) is 15.9 Å². The van der Waals surface area contributed by atoms with E-state index in [1.54, 1.807) is 25.1 Å². The van der Waals surface area contributed by atoms with Gasteiger partial charge in [-0.2, -0.15) is 0 Å². The molecule has 1 amide bonds. The Morgan fingerprint density at radius 1 is 1.29 bits per heavy atom. The summed E-state index contributed by atoms with van der Waals surface area (Å²) in [6, 6.07) is 9.03. The number of carbonyl (C=O) groups excluding carboxylic acids is 1. The van der Waals surface area contributed by atoms with Gasteiger partial charge in [0.15, 0.2) is 0 Å². The van der Waals surface area contributed by atoms with E-state index in [4.69, 9.17) is 0 Å². The molecule has 0 bridgehead atoms. The fourth-order valence-electron chi connectivity index (χ4n) is 2.12. The van der Waals surface area contributed by atoms with Crippen molar-refractivity contribution in [3.63, 3.8) is 0 Å². The minimum Gasteiger partial charge on any atom is -0.508 e. The van der Waals surface area contributed by atoms with Gasteiger partial charge >= 0.3 is 0 Å². The number of benzene rings is 2. The van der Waals surface area contributed by atoms with Crippen molar-refractivity contribution in [1.29, 1.82) is 0 Å². The van der Waals surface area contributed by atoms with E-state index >= 15 is 0 Å². The molecular formula is C16H15BrFNO2.